The zero-order valence-corrected chi connectivity index (χ0v) is 17.6. The smallest absolute Gasteiger partial charge is 0.0415 e. The Hall–Kier alpha value is -3.84. The molecule has 0 saturated heterocycles. The molecule has 0 radical (unpaired) electrons. The summed E-state index contributed by atoms with van der Waals surface area (Å²) in [5.41, 5.74) is 9.25. The predicted octanol–water partition coefficient (Wildman–Crippen LogP) is 8.05. The Morgan fingerprint density at radius 3 is 1.29 bits per heavy atom. The number of fused-ring (bicyclic) bond motifs is 2. The Balaban J connectivity index is 1.80. The molecule has 0 spiro atoms. The van der Waals surface area contributed by atoms with Crippen molar-refractivity contribution in [2.24, 2.45) is 0 Å². The molecule has 0 unspecified atom stereocenters. The first-order valence-electron chi connectivity index (χ1n) is 10.7. The molecule has 0 saturated carbocycles. The van der Waals surface area contributed by atoms with Crippen molar-refractivity contribution in [1.29, 1.82) is 0 Å². The molecule has 5 aromatic carbocycles. The maximum absolute atomic E-state index is 4.36. The van der Waals surface area contributed by atoms with E-state index in [9.17, 15) is 0 Å². The Morgan fingerprint density at radius 1 is 0.516 bits per heavy atom. The number of benzene rings is 5. The van der Waals surface area contributed by atoms with Crippen molar-refractivity contribution < 1.29 is 0 Å². The Kier molecular flexibility index (Phi) is 2.86. The standard InChI is InChI=1S/C30H21N/c1-15-14-16(2)20-7-11-24-26-13-9-22-18(4)31(5)17(3)21-8-12-25(30(26)28(21)22)23-10-6-19(15)27(20)29(23)24/h6-13H,1-4,14H2,5H3. The highest BCUT2D eigenvalue weighted by molar-refractivity contribution is 6.36. The second-order valence-corrected chi connectivity index (χ2v) is 8.98. The van der Waals surface area contributed by atoms with Crippen molar-refractivity contribution in [3.63, 3.8) is 0 Å². The molecule has 2 aliphatic rings. The van der Waals surface area contributed by atoms with E-state index in [-0.39, 0.29) is 0 Å². The van der Waals surface area contributed by atoms with Gasteiger partial charge in [0.2, 0.25) is 0 Å². The first kappa shape index (κ1) is 16.9. The van der Waals surface area contributed by atoms with Gasteiger partial charge in [-0.15, -0.1) is 0 Å². The molecule has 31 heavy (non-hydrogen) atoms. The van der Waals surface area contributed by atoms with E-state index in [1.54, 1.807) is 0 Å². The number of hydrogen-bond acceptors (Lipinski definition) is 1. The molecule has 1 nitrogen and oxygen atoms in total. The third-order valence-electron chi connectivity index (χ3n) is 7.52. The second-order valence-electron chi connectivity index (χ2n) is 8.98. The van der Waals surface area contributed by atoms with Crippen LogP contribution >= 0.6 is 0 Å². The molecule has 0 bridgehead atoms. The summed E-state index contributed by atoms with van der Waals surface area (Å²) in [4.78, 5) is 2.10. The van der Waals surface area contributed by atoms with Crippen LogP contribution in [0.4, 0.5) is 0 Å². The molecule has 0 fully saturated rings. The van der Waals surface area contributed by atoms with Crippen molar-refractivity contribution in [3.05, 3.63) is 97.1 Å². The molecule has 0 amide bonds. The van der Waals surface area contributed by atoms with Crippen molar-refractivity contribution in [2.75, 3.05) is 7.05 Å². The van der Waals surface area contributed by atoms with Crippen molar-refractivity contribution in [1.82, 2.24) is 4.90 Å². The Labute approximate surface area is 181 Å². The van der Waals surface area contributed by atoms with Gasteiger partial charge >= 0.3 is 0 Å². The molecule has 0 aromatic heterocycles. The van der Waals surface area contributed by atoms with Crippen LogP contribution in [0.5, 0.6) is 0 Å². The number of hydrogen-bond donors (Lipinski definition) is 0. The van der Waals surface area contributed by atoms with E-state index >= 15 is 0 Å². The molecule has 1 aliphatic heterocycles. The number of allylic oxidation sites excluding steroid dienone is 2. The van der Waals surface area contributed by atoms with Crippen LogP contribution in [0.25, 0.3) is 65.6 Å². The van der Waals surface area contributed by atoms with Gasteiger partial charge in [0.05, 0.1) is 0 Å². The lowest BCUT2D eigenvalue weighted by Gasteiger charge is -2.32. The fourth-order valence-electron chi connectivity index (χ4n) is 5.93. The van der Waals surface area contributed by atoms with Crippen LogP contribution in [0.15, 0.2) is 74.8 Å². The first-order chi connectivity index (χ1) is 15.0. The van der Waals surface area contributed by atoms with E-state index in [0.29, 0.717) is 0 Å². The maximum atomic E-state index is 4.36. The summed E-state index contributed by atoms with van der Waals surface area (Å²) in [7, 11) is 2.05. The molecule has 5 aromatic rings. The van der Waals surface area contributed by atoms with E-state index in [4.69, 9.17) is 0 Å². The highest BCUT2D eigenvalue weighted by Crippen LogP contribution is 2.50. The minimum atomic E-state index is 0.845. The zero-order valence-electron chi connectivity index (χ0n) is 17.6. The summed E-state index contributed by atoms with van der Waals surface area (Å²) >= 11 is 0. The minimum Gasteiger partial charge on any atom is -0.345 e. The molecular weight excluding hydrogens is 374 g/mol. The number of nitrogens with zero attached hydrogens (tertiary/aromatic N) is 1. The molecule has 1 heterocycles. The zero-order chi connectivity index (χ0) is 21.2. The Bertz CT molecular complexity index is 1610. The van der Waals surface area contributed by atoms with Crippen LogP contribution in [-0.4, -0.2) is 11.9 Å². The lowest BCUT2D eigenvalue weighted by Crippen LogP contribution is -2.18. The molecule has 1 aliphatic carbocycles. The molecule has 7 rings (SSSR count). The van der Waals surface area contributed by atoms with Gasteiger partial charge in [-0.05, 0) is 66.4 Å². The first-order valence-corrected chi connectivity index (χ1v) is 10.7. The summed E-state index contributed by atoms with van der Waals surface area (Å²) in [6.45, 7) is 17.4. The SMILES string of the molecule is C=C1CC(=C)c2ccc3c4ccc5c6c(ccc(c7ccc1c2c73)c64)C(=C)N(C)C5=C. The van der Waals surface area contributed by atoms with Gasteiger partial charge < -0.3 is 4.90 Å². The van der Waals surface area contributed by atoms with Crippen molar-refractivity contribution in [3.8, 4) is 0 Å². The van der Waals surface area contributed by atoms with Crippen LogP contribution < -0.4 is 0 Å². The topological polar surface area (TPSA) is 3.24 Å². The van der Waals surface area contributed by atoms with Crippen LogP contribution in [0.3, 0.4) is 0 Å². The van der Waals surface area contributed by atoms with Crippen LogP contribution in [0, 0.1) is 0 Å². The van der Waals surface area contributed by atoms with E-state index in [0.717, 1.165) is 29.0 Å². The molecular formula is C30H21N. The average molecular weight is 396 g/mol. The highest BCUT2D eigenvalue weighted by atomic mass is 15.1. The molecule has 146 valence electrons. The van der Waals surface area contributed by atoms with Gasteiger partial charge in [0, 0.05) is 35.0 Å². The van der Waals surface area contributed by atoms with E-state index in [2.05, 4.69) is 79.7 Å². The van der Waals surface area contributed by atoms with Gasteiger partial charge in [0.25, 0.3) is 0 Å². The largest absolute Gasteiger partial charge is 0.345 e. The van der Waals surface area contributed by atoms with Gasteiger partial charge in [-0.2, -0.15) is 0 Å². The normalized spacial score (nSPS) is 16.0. The maximum Gasteiger partial charge on any atom is 0.0415 e. The van der Waals surface area contributed by atoms with Gasteiger partial charge in [0.1, 0.15) is 0 Å². The van der Waals surface area contributed by atoms with E-state index in [1.165, 1.54) is 65.3 Å². The summed E-state index contributed by atoms with van der Waals surface area (Å²) in [5, 5.41) is 10.4. The van der Waals surface area contributed by atoms with Gasteiger partial charge in [-0.25, -0.2) is 0 Å². The number of rotatable bonds is 0. The molecule has 1 heteroatoms. The van der Waals surface area contributed by atoms with E-state index < -0.39 is 0 Å². The predicted molar refractivity (Wildman–Crippen MR) is 136 cm³/mol. The van der Waals surface area contributed by atoms with Gasteiger partial charge in [0.15, 0.2) is 0 Å². The fourth-order valence-corrected chi connectivity index (χ4v) is 5.93. The molecule has 0 atom stereocenters. The van der Waals surface area contributed by atoms with Crippen LogP contribution in [-0.2, 0) is 0 Å². The monoisotopic (exact) mass is 395 g/mol. The summed E-state index contributed by atoms with van der Waals surface area (Å²) in [6.07, 6.45) is 0.845. The minimum absolute atomic E-state index is 0.845. The lowest BCUT2D eigenvalue weighted by molar-refractivity contribution is 0.685. The van der Waals surface area contributed by atoms with Crippen molar-refractivity contribution in [2.45, 2.75) is 6.42 Å². The Morgan fingerprint density at radius 2 is 0.871 bits per heavy atom. The van der Waals surface area contributed by atoms with Gasteiger partial charge in [-0.3, -0.25) is 0 Å². The summed E-state index contributed by atoms with van der Waals surface area (Å²) in [6, 6.07) is 18.1. The quantitative estimate of drug-likeness (QED) is 0.189. The molecule has 0 N–H and O–H groups in total. The van der Waals surface area contributed by atoms with E-state index in [1.807, 2.05) is 7.05 Å². The van der Waals surface area contributed by atoms with Gasteiger partial charge in [-0.1, -0.05) is 74.8 Å². The second kappa shape index (κ2) is 5.25. The summed E-state index contributed by atoms with van der Waals surface area (Å²) < 4.78 is 0. The van der Waals surface area contributed by atoms with Crippen molar-refractivity contribution >= 4 is 65.6 Å². The third-order valence-corrected chi connectivity index (χ3v) is 7.52. The average Bonchev–Trinajstić information content (AvgIpc) is 2.78. The van der Waals surface area contributed by atoms with Crippen LogP contribution in [0.2, 0.25) is 0 Å². The highest BCUT2D eigenvalue weighted by Gasteiger charge is 2.27. The fraction of sp³-hybridized carbons (Fsp3) is 0.0667. The third kappa shape index (κ3) is 1.80. The lowest BCUT2D eigenvalue weighted by atomic mass is 9.78. The van der Waals surface area contributed by atoms with Crippen LogP contribution in [0.1, 0.15) is 28.7 Å². The summed E-state index contributed by atoms with van der Waals surface area (Å²) in [5.74, 6) is 0.